The molecule has 3 saturated heterocycles. The second-order valence-electron chi connectivity index (χ2n) is 21.2. The number of likely N-dealkylation sites (tertiary alicyclic amines) is 2. The van der Waals surface area contributed by atoms with Crippen molar-refractivity contribution in [2.24, 2.45) is 18.9 Å². The van der Waals surface area contributed by atoms with Crippen LogP contribution in [-0.2, 0) is 11.8 Å². The maximum absolute atomic E-state index is 16.6. The fraction of sp³-hybridized carbons (Fsp3) is 0.518. The van der Waals surface area contributed by atoms with Crippen LogP contribution in [0.5, 0.6) is 11.6 Å². The van der Waals surface area contributed by atoms with Crippen molar-refractivity contribution >= 4 is 34.6 Å². The van der Waals surface area contributed by atoms with Gasteiger partial charge in [0.1, 0.15) is 35.7 Å². The first-order chi connectivity index (χ1) is 36.6. The third-order valence-electron chi connectivity index (χ3n) is 16.8. The van der Waals surface area contributed by atoms with E-state index in [1.54, 1.807) is 13.1 Å². The van der Waals surface area contributed by atoms with Gasteiger partial charge in [0.15, 0.2) is 23.1 Å². The summed E-state index contributed by atoms with van der Waals surface area (Å²) in [6.45, 7) is 7.02. The highest BCUT2D eigenvalue weighted by molar-refractivity contribution is 6.09. The summed E-state index contributed by atoms with van der Waals surface area (Å²) in [7, 11) is 2.98. The molecule has 2 aromatic heterocycles. The maximum atomic E-state index is 16.6. The number of pyridine rings is 1. The molecule has 4 fully saturated rings. The molecular formula is C56H65F4N9O7. The monoisotopic (exact) mass is 1050 g/mol. The number of benzene rings is 2. The van der Waals surface area contributed by atoms with E-state index in [2.05, 4.69) is 47.3 Å². The van der Waals surface area contributed by atoms with Crippen LogP contribution in [0, 0.1) is 42.0 Å². The van der Waals surface area contributed by atoms with E-state index in [1.807, 2.05) is 19.1 Å². The fourth-order valence-corrected chi connectivity index (χ4v) is 12.6. The average molecular weight is 1050 g/mol. The van der Waals surface area contributed by atoms with Crippen LogP contribution >= 0.6 is 0 Å². The largest absolute Gasteiger partial charge is 0.479 e. The van der Waals surface area contributed by atoms with Gasteiger partial charge >= 0.3 is 6.03 Å². The van der Waals surface area contributed by atoms with Gasteiger partial charge in [0.2, 0.25) is 5.91 Å². The van der Waals surface area contributed by atoms with Gasteiger partial charge < -0.3 is 35.2 Å². The summed E-state index contributed by atoms with van der Waals surface area (Å²) in [5, 5.41) is 34.2. The van der Waals surface area contributed by atoms with Crippen molar-refractivity contribution in [3.8, 4) is 22.8 Å². The molecule has 2 aliphatic carbocycles. The van der Waals surface area contributed by atoms with Crippen LogP contribution in [0.4, 0.5) is 28.2 Å². The number of hydrogen-bond acceptors (Lipinski definition) is 12. The molecule has 4 amide bonds. The van der Waals surface area contributed by atoms with Crippen molar-refractivity contribution < 1.29 is 51.6 Å². The van der Waals surface area contributed by atoms with Gasteiger partial charge in [0.25, 0.3) is 11.8 Å². The maximum Gasteiger partial charge on any atom is 0.329 e. The first-order valence-corrected chi connectivity index (χ1v) is 26.5. The van der Waals surface area contributed by atoms with Gasteiger partial charge in [-0.1, -0.05) is 24.5 Å². The number of aryl methyl sites for hydroxylation is 1. The molecule has 3 unspecified atom stereocenters. The zero-order valence-corrected chi connectivity index (χ0v) is 43.3. The molecule has 0 radical (unpaired) electrons. The predicted molar refractivity (Wildman–Crippen MR) is 275 cm³/mol. The van der Waals surface area contributed by atoms with Crippen molar-refractivity contribution in [3.63, 3.8) is 0 Å². The molecule has 0 bridgehead atoms. The number of amides is 4. The number of aliphatic hydroxyl groups excluding tert-OH is 2. The summed E-state index contributed by atoms with van der Waals surface area (Å²) in [4.78, 5) is 47.4. The molecule has 0 spiro atoms. The van der Waals surface area contributed by atoms with Crippen LogP contribution in [-0.4, -0.2) is 137 Å². The Morgan fingerprint density at radius 2 is 1.74 bits per heavy atom. The van der Waals surface area contributed by atoms with E-state index in [0.717, 1.165) is 58.2 Å². The Labute approximate surface area is 438 Å². The Balaban J connectivity index is 0.743. The number of aliphatic hydroxyl groups is 2. The molecule has 16 nitrogen and oxygen atoms in total. The number of urea groups is 1. The molecule has 6 heterocycles. The number of imide groups is 1. The molecule has 4 aliphatic heterocycles. The van der Waals surface area contributed by atoms with Crippen molar-refractivity contribution in [1.82, 2.24) is 40.5 Å². The third-order valence-corrected chi connectivity index (χ3v) is 16.8. The highest BCUT2D eigenvalue weighted by Crippen LogP contribution is 2.54. The van der Waals surface area contributed by atoms with Crippen molar-refractivity contribution in [2.75, 3.05) is 71.0 Å². The summed E-state index contributed by atoms with van der Waals surface area (Å²) in [5.41, 5.74) is 6.44. The number of halogens is 4. The number of nitrogens with one attached hydrogen (secondary N) is 3. The number of piperidine rings is 2. The SMILES string of the molecule is CNC(=O)c1cnc(OCCO)c(F)c1-c1c(C)c(F)cc2c1C(C)C(CNC1CCC(C(O)N3CCC(CN4CCC(c5c(F)cc6c(N7CCC(=O)NC7=O)nn(C)c6c5F)CC4)CC3)CC1)(C1=C=C=CC=C1)O2. The average Bonchev–Trinajstić information content (AvgIpc) is 3.96. The van der Waals surface area contributed by atoms with Crippen LogP contribution in [0.25, 0.3) is 22.0 Å². The molecule has 6 aliphatic rings. The van der Waals surface area contributed by atoms with E-state index in [-0.39, 0.29) is 94.3 Å². The van der Waals surface area contributed by atoms with Gasteiger partial charge in [-0.25, -0.2) is 27.3 Å². The number of carbonyl (C=O) groups excluding carboxylic acids is 3. The number of ether oxygens (including phenoxy) is 2. The van der Waals surface area contributed by atoms with Crippen molar-refractivity contribution in [2.45, 2.75) is 101 Å². The Morgan fingerprint density at radius 1 is 0.987 bits per heavy atom. The zero-order chi connectivity index (χ0) is 53.6. The Kier molecular flexibility index (Phi) is 15.3. The number of hydrogen-bond donors (Lipinski definition) is 5. The molecule has 404 valence electrons. The quantitative estimate of drug-likeness (QED) is 0.0622. The van der Waals surface area contributed by atoms with Gasteiger partial charge in [-0.05, 0) is 118 Å². The van der Waals surface area contributed by atoms with Gasteiger partial charge in [-0.2, -0.15) is 5.10 Å². The van der Waals surface area contributed by atoms with E-state index >= 15 is 17.6 Å². The number of nitrogens with zero attached hydrogens (tertiary/aromatic N) is 6. The second kappa shape index (κ2) is 21.9. The van der Waals surface area contributed by atoms with Gasteiger partial charge in [0.05, 0.1) is 17.6 Å². The van der Waals surface area contributed by atoms with E-state index in [0.29, 0.717) is 43.0 Å². The lowest BCUT2D eigenvalue weighted by atomic mass is 9.75. The van der Waals surface area contributed by atoms with Crippen molar-refractivity contribution in [3.05, 3.63) is 99.1 Å². The van der Waals surface area contributed by atoms with E-state index in [1.165, 1.54) is 41.9 Å². The van der Waals surface area contributed by atoms with Gasteiger partial charge in [-0.3, -0.25) is 29.4 Å². The number of rotatable bonds is 15. The topological polar surface area (TPSA) is 187 Å². The molecule has 5 N–H and O–H groups in total. The molecular weight excluding hydrogens is 987 g/mol. The van der Waals surface area contributed by atoms with Crippen molar-refractivity contribution in [1.29, 1.82) is 0 Å². The highest BCUT2D eigenvalue weighted by atomic mass is 19.1. The number of allylic oxidation sites excluding steroid dienone is 2. The summed E-state index contributed by atoms with van der Waals surface area (Å²) >= 11 is 0. The van der Waals surface area contributed by atoms with Crippen LogP contribution in [0.15, 0.2) is 53.6 Å². The number of carbonyl (C=O) groups is 3. The van der Waals surface area contributed by atoms with Gasteiger partial charge in [0, 0.05) is 99.7 Å². The van der Waals surface area contributed by atoms with Crippen LogP contribution in [0.1, 0.15) is 104 Å². The molecule has 1 saturated carbocycles. The first kappa shape index (κ1) is 53.0. The zero-order valence-electron chi connectivity index (χ0n) is 43.3. The number of aromatic nitrogens is 3. The number of fused-ring (bicyclic) bond motifs is 2. The lowest BCUT2D eigenvalue weighted by Gasteiger charge is -2.42. The minimum atomic E-state index is -1.14. The lowest BCUT2D eigenvalue weighted by molar-refractivity contribution is -0.120. The van der Waals surface area contributed by atoms with Gasteiger partial charge in [-0.15, -0.1) is 0 Å². The highest BCUT2D eigenvalue weighted by Gasteiger charge is 2.51. The molecule has 76 heavy (non-hydrogen) atoms. The Hall–Kier alpha value is -6.37. The van der Waals surface area contributed by atoms with Crippen LogP contribution < -0.4 is 30.3 Å². The van der Waals surface area contributed by atoms with E-state index in [9.17, 15) is 24.6 Å². The summed E-state index contributed by atoms with van der Waals surface area (Å²) in [6, 6.07) is 1.98. The van der Waals surface area contributed by atoms with E-state index in [4.69, 9.17) is 9.47 Å². The molecule has 2 aromatic carbocycles. The lowest BCUT2D eigenvalue weighted by Crippen LogP contribution is -2.52. The Bertz CT molecular complexity index is 3070. The second-order valence-corrected chi connectivity index (χ2v) is 21.2. The third kappa shape index (κ3) is 9.85. The van der Waals surface area contributed by atoms with Crippen LogP contribution in [0.2, 0.25) is 0 Å². The molecule has 3 atom stereocenters. The summed E-state index contributed by atoms with van der Waals surface area (Å²) in [6.07, 6.45) is 12.4. The smallest absolute Gasteiger partial charge is 0.329 e. The Morgan fingerprint density at radius 3 is 2.42 bits per heavy atom. The summed E-state index contributed by atoms with van der Waals surface area (Å²) < 4.78 is 78.4. The summed E-state index contributed by atoms with van der Waals surface area (Å²) in [5.74, 6) is -4.43. The minimum absolute atomic E-state index is 0.0492. The predicted octanol–water partition coefficient (Wildman–Crippen LogP) is 6.78. The molecule has 20 heteroatoms. The standard InChI is InChI=1S/C56H65F4N9O7/c1-31-40(57)27-42-45(44(31)47-39(52(72)61-3)28-62-53(49(47)60)75-25-24-70)32(2)56(76-42,36-8-6-5-7-9-36)30-63-37-12-10-35(11-13-37)54(73)68-21-14-33(15-22-68)29-67-19-16-34(17-20-67)46-41(58)26-38-50(48(46)59)66(4)65-51(38)69-23-18-43(71)64-55(69)74/h5-6,8,26-28,32-35,37,54,63,70,73H,10-25,29-30H2,1-4H3,(H,61,72)(H,64,71,74). The van der Waals surface area contributed by atoms with Crippen LogP contribution in [0.3, 0.4) is 0 Å². The molecule has 10 rings (SSSR count). The first-order valence-electron chi connectivity index (χ1n) is 26.5. The minimum Gasteiger partial charge on any atom is -0.479 e. The molecule has 4 aromatic rings. The normalized spacial score (nSPS) is 23.9. The fourth-order valence-electron chi connectivity index (χ4n) is 12.6. The number of anilines is 1. The van der Waals surface area contributed by atoms with E-state index < -0.39 is 71.3 Å².